The molecule has 1 N–H and O–H groups in total. The highest BCUT2D eigenvalue weighted by Crippen LogP contribution is 2.32. The van der Waals surface area contributed by atoms with Gasteiger partial charge in [-0.1, -0.05) is 6.92 Å². The molecule has 2 fully saturated rings. The minimum atomic E-state index is -0.437. The van der Waals surface area contributed by atoms with Crippen molar-refractivity contribution in [2.24, 2.45) is 0 Å². The van der Waals surface area contributed by atoms with Gasteiger partial charge < -0.3 is 9.88 Å². The third kappa shape index (κ3) is 5.73. The summed E-state index contributed by atoms with van der Waals surface area (Å²) in [7, 11) is 0. The Balaban J connectivity index is 1.30. The second-order valence-corrected chi connectivity index (χ2v) is 11.2. The Labute approximate surface area is 247 Å². The molecule has 4 aromatic rings. The highest BCUT2D eigenvalue weighted by atomic mass is 19.1. The van der Waals surface area contributed by atoms with Gasteiger partial charge in [0, 0.05) is 56.0 Å². The molecule has 4 heterocycles. The van der Waals surface area contributed by atoms with Gasteiger partial charge in [0.2, 0.25) is 5.91 Å². The molecule has 43 heavy (non-hydrogen) atoms. The predicted octanol–water partition coefficient (Wildman–Crippen LogP) is 3.88. The maximum atomic E-state index is 13.6. The summed E-state index contributed by atoms with van der Waals surface area (Å²) in [6.07, 6.45) is 6.85. The first-order valence-corrected chi connectivity index (χ1v) is 14.9. The minimum Gasteiger partial charge on any atom is -0.343 e. The summed E-state index contributed by atoms with van der Waals surface area (Å²) in [6.45, 7) is 3.95. The number of likely N-dealkylation sites (tertiary alicyclic amines) is 1. The van der Waals surface area contributed by atoms with E-state index in [-0.39, 0.29) is 34.6 Å². The van der Waals surface area contributed by atoms with Crippen molar-refractivity contribution >= 4 is 28.8 Å². The van der Waals surface area contributed by atoms with Crippen LogP contribution in [0.1, 0.15) is 68.3 Å². The topological polar surface area (TPSA) is 126 Å². The lowest BCUT2D eigenvalue weighted by atomic mass is 10.1. The standard InChI is InChI=1S/C31H34FN7O4/c1-2-15-38-28-26(30(42)39(31(38)43)23-12-13-23)34-27(35-28)21-9-14-24(33-19-21)37(29(41)20-7-10-22(32)11-8-20)18-5-17-36-16-4-3-6-25(36)40/h7-11,14,19,23H,2-6,12-13,15-18H2,1H3,(H,34,35). The van der Waals surface area contributed by atoms with Crippen molar-refractivity contribution in [3.63, 3.8) is 0 Å². The zero-order valence-electron chi connectivity index (χ0n) is 24.1. The van der Waals surface area contributed by atoms with Crippen LogP contribution in [0.5, 0.6) is 0 Å². The van der Waals surface area contributed by atoms with Crippen LogP contribution < -0.4 is 16.1 Å². The van der Waals surface area contributed by atoms with Crippen molar-refractivity contribution in [3.8, 4) is 11.4 Å². The van der Waals surface area contributed by atoms with Gasteiger partial charge in [0.15, 0.2) is 5.65 Å². The number of aromatic nitrogens is 5. The van der Waals surface area contributed by atoms with E-state index in [2.05, 4.69) is 15.0 Å². The van der Waals surface area contributed by atoms with Gasteiger partial charge in [0.1, 0.15) is 23.0 Å². The van der Waals surface area contributed by atoms with E-state index < -0.39 is 5.82 Å². The molecular weight excluding hydrogens is 553 g/mol. The molecule has 12 heteroatoms. The molecule has 1 aromatic carbocycles. The predicted molar refractivity (Wildman–Crippen MR) is 160 cm³/mol. The molecule has 3 aromatic heterocycles. The third-order valence-corrected chi connectivity index (χ3v) is 8.03. The number of nitrogens with zero attached hydrogens (tertiary/aromatic N) is 6. The Bertz CT molecular complexity index is 1770. The van der Waals surface area contributed by atoms with E-state index in [0.29, 0.717) is 73.9 Å². The van der Waals surface area contributed by atoms with Crippen molar-refractivity contribution in [2.45, 2.75) is 64.5 Å². The summed E-state index contributed by atoms with van der Waals surface area (Å²) in [4.78, 5) is 67.8. The normalized spacial score (nSPS) is 15.3. The number of aryl methyl sites for hydroxylation is 1. The Morgan fingerprint density at radius 2 is 1.86 bits per heavy atom. The van der Waals surface area contributed by atoms with E-state index in [1.165, 1.54) is 33.7 Å². The van der Waals surface area contributed by atoms with Gasteiger partial charge in [-0.2, -0.15) is 0 Å². The van der Waals surface area contributed by atoms with Gasteiger partial charge in [0.25, 0.3) is 11.5 Å². The highest BCUT2D eigenvalue weighted by molar-refractivity contribution is 6.05. The number of rotatable bonds is 10. The number of H-pyrrole nitrogens is 1. The lowest BCUT2D eigenvalue weighted by Crippen LogP contribution is -2.39. The van der Waals surface area contributed by atoms with Crippen molar-refractivity contribution < 1.29 is 14.0 Å². The summed E-state index contributed by atoms with van der Waals surface area (Å²) < 4.78 is 16.4. The lowest BCUT2D eigenvalue weighted by Gasteiger charge is -2.28. The molecule has 224 valence electrons. The number of carbonyl (C=O) groups excluding carboxylic acids is 2. The fourth-order valence-electron chi connectivity index (χ4n) is 5.63. The van der Waals surface area contributed by atoms with E-state index >= 15 is 0 Å². The molecule has 0 spiro atoms. The second kappa shape index (κ2) is 11.9. The van der Waals surface area contributed by atoms with Crippen LogP contribution in [0.25, 0.3) is 22.6 Å². The Morgan fingerprint density at radius 3 is 2.53 bits per heavy atom. The van der Waals surface area contributed by atoms with Crippen molar-refractivity contribution in [2.75, 3.05) is 24.5 Å². The number of anilines is 1. The Morgan fingerprint density at radius 1 is 1.07 bits per heavy atom. The monoisotopic (exact) mass is 587 g/mol. The van der Waals surface area contributed by atoms with E-state index in [1.54, 1.807) is 22.9 Å². The molecule has 1 saturated heterocycles. The van der Waals surface area contributed by atoms with Crippen LogP contribution in [-0.2, 0) is 11.3 Å². The molecule has 2 amide bonds. The van der Waals surface area contributed by atoms with E-state index in [9.17, 15) is 23.6 Å². The molecule has 6 rings (SSSR count). The maximum Gasteiger partial charge on any atom is 0.333 e. The number of halogens is 1. The number of nitrogens with one attached hydrogen (secondary N) is 1. The van der Waals surface area contributed by atoms with E-state index in [4.69, 9.17) is 0 Å². The summed E-state index contributed by atoms with van der Waals surface area (Å²) in [5.41, 5.74) is 0.781. The molecular formula is C31H34FN7O4. The number of carbonyl (C=O) groups is 2. The van der Waals surface area contributed by atoms with Crippen molar-refractivity contribution in [3.05, 3.63) is 74.8 Å². The molecule has 1 saturated carbocycles. The number of piperidine rings is 1. The summed E-state index contributed by atoms with van der Waals surface area (Å²) >= 11 is 0. The first-order valence-electron chi connectivity index (χ1n) is 14.9. The van der Waals surface area contributed by atoms with Gasteiger partial charge in [-0.15, -0.1) is 0 Å². The molecule has 11 nitrogen and oxygen atoms in total. The maximum absolute atomic E-state index is 13.6. The number of amides is 2. The third-order valence-electron chi connectivity index (χ3n) is 8.03. The van der Waals surface area contributed by atoms with Crippen LogP contribution in [0.3, 0.4) is 0 Å². The average Bonchev–Trinajstić information content (AvgIpc) is 3.75. The van der Waals surface area contributed by atoms with Crippen LogP contribution in [0.15, 0.2) is 52.2 Å². The number of benzene rings is 1. The van der Waals surface area contributed by atoms with Crippen molar-refractivity contribution in [1.29, 1.82) is 0 Å². The zero-order chi connectivity index (χ0) is 30.1. The minimum absolute atomic E-state index is 0.0714. The fraction of sp³-hybridized carbons (Fsp3) is 0.419. The SMILES string of the molecule is CCCn1c(=O)n(C2CC2)c(=O)c2[nH]c(-c3ccc(N(CCCN4CCCCC4=O)C(=O)c4ccc(F)cc4)nc3)nc21. The fourth-order valence-corrected chi connectivity index (χ4v) is 5.63. The number of hydrogen-bond acceptors (Lipinski definition) is 6. The average molecular weight is 588 g/mol. The number of imidazole rings is 1. The first kappa shape index (κ1) is 28.5. The number of hydrogen-bond donors (Lipinski definition) is 1. The molecule has 0 unspecified atom stereocenters. The quantitative estimate of drug-likeness (QED) is 0.300. The molecule has 0 bridgehead atoms. The second-order valence-electron chi connectivity index (χ2n) is 11.2. The van der Waals surface area contributed by atoms with Gasteiger partial charge in [-0.25, -0.2) is 19.2 Å². The van der Waals surface area contributed by atoms with Crippen LogP contribution >= 0.6 is 0 Å². The molecule has 2 aliphatic rings. The highest BCUT2D eigenvalue weighted by Gasteiger charge is 2.30. The van der Waals surface area contributed by atoms with Gasteiger partial charge >= 0.3 is 5.69 Å². The summed E-state index contributed by atoms with van der Waals surface area (Å²) in [5, 5.41) is 0. The summed E-state index contributed by atoms with van der Waals surface area (Å²) in [5.74, 6) is 0.137. The van der Waals surface area contributed by atoms with Crippen LogP contribution in [0, 0.1) is 5.82 Å². The molecule has 1 aliphatic carbocycles. The van der Waals surface area contributed by atoms with Crippen LogP contribution in [0.2, 0.25) is 0 Å². The van der Waals surface area contributed by atoms with Gasteiger partial charge in [-0.05, 0) is 74.9 Å². The number of aromatic amines is 1. The number of fused-ring (bicyclic) bond motifs is 1. The molecule has 1 aliphatic heterocycles. The lowest BCUT2D eigenvalue weighted by molar-refractivity contribution is -0.133. The van der Waals surface area contributed by atoms with Gasteiger partial charge in [-0.3, -0.25) is 28.4 Å². The first-order chi connectivity index (χ1) is 20.9. The van der Waals surface area contributed by atoms with Crippen LogP contribution in [-0.4, -0.2) is 60.4 Å². The van der Waals surface area contributed by atoms with Crippen LogP contribution in [0.4, 0.5) is 10.2 Å². The number of pyridine rings is 1. The smallest absolute Gasteiger partial charge is 0.333 e. The van der Waals surface area contributed by atoms with Gasteiger partial charge in [0.05, 0.1) is 0 Å². The van der Waals surface area contributed by atoms with E-state index in [1.807, 2.05) is 11.8 Å². The van der Waals surface area contributed by atoms with Crippen molar-refractivity contribution in [1.82, 2.24) is 29.0 Å². The Kier molecular flexibility index (Phi) is 7.92. The zero-order valence-corrected chi connectivity index (χ0v) is 24.1. The molecule has 0 atom stereocenters. The Hall–Kier alpha value is -4.61. The summed E-state index contributed by atoms with van der Waals surface area (Å²) in [6, 6.07) is 8.73. The largest absolute Gasteiger partial charge is 0.343 e. The molecule has 0 radical (unpaired) electrons. The van der Waals surface area contributed by atoms with E-state index in [0.717, 1.165) is 25.7 Å².